The van der Waals surface area contributed by atoms with E-state index in [0.717, 1.165) is 0 Å². The van der Waals surface area contributed by atoms with Crippen molar-refractivity contribution in [2.24, 2.45) is 5.41 Å². The van der Waals surface area contributed by atoms with Crippen LogP contribution < -0.4 is 0 Å². The van der Waals surface area contributed by atoms with Crippen LogP contribution in [0.15, 0.2) is 0 Å². The molecule has 0 saturated heterocycles. The monoisotopic (exact) mass is 248 g/mol. The summed E-state index contributed by atoms with van der Waals surface area (Å²) < 4.78 is 0. The van der Waals surface area contributed by atoms with Crippen LogP contribution in [0.2, 0.25) is 0 Å². The van der Waals surface area contributed by atoms with Crippen molar-refractivity contribution in [1.82, 2.24) is 0 Å². The number of hydrogen-bond donors (Lipinski definition) is 4. The Labute approximate surface area is 93.3 Å². The summed E-state index contributed by atoms with van der Waals surface area (Å²) in [4.78, 5) is 53.4. The Balaban J connectivity index is 5.55. The molecule has 0 heterocycles. The van der Waals surface area contributed by atoms with Gasteiger partial charge in [0.25, 0.3) is 0 Å². The Hall–Kier alpha value is -2.45. The molecular weight excluding hydrogens is 240 g/mol. The topological polar surface area (TPSA) is 166 Å². The Morgan fingerprint density at radius 1 is 0.765 bits per heavy atom. The van der Waals surface area contributed by atoms with Gasteiger partial charge < -0.3 is 20.4 Å². The van der Waals surface area contributed by atoms with E-state index in [9.17, 15) is 24.0 Å². The van der Waals surface area contributed by atoms with E-state index in [0.29, 0.717) is 0 Å². The second kappa shape index (κ2) is 5.05. The first kappa shape index (κ1) is 14.6. The number of carbonyl (C=O) groups is 5. The average molecular weight is 248 g/mol. The van der Waals surface area contributed by atoms with Crippen molar-refractivity contribution in [3.63, 3.8) is 0 Å². The molecule has 0 amide bonds. The Kier molecular flexibility index (Phi) is 4.33. The lowest BCUT2D eigenvalue weighted by atomic mass is 9.79. The van der Waals surface area contributed by atoms with Gasteiger partial charge in [0.05, 0.1) is 6.42 Å². The lowest BCUT2D eigenvalue weighted by molar-refractivity contribution is -0.173. The van der Waals surface area contributed by atoms with Crippen LogP contribution in [0.5, 0.6) is 0 Å². The molecule has 0 aliphatic rings. The van der Waals surface area contributed by atoms with Gasteiger partial charge in [-0.05, 0) is 0 Å². The summed E-state index contributed by atoms with van der Waals surface area (Å²) in [6, 6.07) is 0. The SMILES string of the molecule is O=C(O)CC(=O)C(CC(=O)O)(C(=O)O)C(=O)O. The molecule has 0 aliphatic heterocycles. The first-order chi connectivity index (χ1) is 7.64. The van der Waals surface area contributed by atoms with E-state index in [1.807, 2.05) is 0 Å². The lowest BCUT2D eigenvalue weighted by Crippen LogP contribution is -2.48. The molecule has 0 rings (SSSR count). The minimum Gasteiger partial charge on any atom is -0.481 e. The molecule has 17 heavy (non-hydrogen) atoms. The number of carboxylic acid groups (broad SMARTS) is 4. The maximum Gasteiger partial charge on any atom is 0.329 e. The minimum atomic E-state index is -3.27. The molecule has 0 radical (unpaired) electrons. The summed E-state index contributed by atoms with van der Waals surface area (Å²) in [7, 11) is 0. The van der Waals surface area contributed by atoms with E-state index in [2.05, 4.69) is 0 Å². The van der Waals surface area contributed by atoms with Crippen molar-refractivity contribution in [1.29, 1.82) is 0 Å². The largest absolute Gasteiger partial charge is 0.481 e. The molecule has 0 aromatic carbocycles. The third-order valence-corrected chi connectivity index (χ3v) is 1.93. The number of aliphatic carboxylic acids is 4. The second-order valence-corrected chi connectivity index (χ2v) is 3.08. The first-order valence-corrected chi connectivity index (χ1v) is 4.08. The maximum atomic E-state index is 11.3. The molecule has 94 valence electrons. The zero-order valence-corrected chi connectivity index (χ0v) is 8.24. The fourth-order valence-corrected chi connectivity index (χ4v) is 1.09. The number of carboxylic acids is 4. The van der Waals surface area contributed by atoms with Gasteiger partial charge in [-0.15, -0.1) is 0 Å². The van der Waals surface area contributed by atoms with Crippen LogP contribution in [0.4, 0.5) is 0 Å². The van der Waals surface area contributed by atoms with Crippen molar-refractivity contribution in [3.8, 4) is 0 Å². The van der Waals surface area contributed by atoms with E-state index in [4.69, 9.17) is 20.4 Å². The van der Waals surface area contributed by atoms with Crippen molar-refractivity contribution in [3.05, 3.63) is 0 Å². The summed E-state index contributed by atoms with van der Waals surface area (Å²) in [5.74, 6) is -9.70. The summed E-state index contributed by atoms with van der Waals surface area (Å²) >= 11 is 0. The van der Waals surface area contributed by atoms with E-state index >= 15 is 0 Å². The number of ketones is 1. The first-order valence-electron chi connectivity index (χ1n) is 4.08. The van der Waals surface area contributed by atoms with Crippen LogP contribution in [0.1, 0.15) is 12.8 Å². The summed E-state index contributed by atoms with van der Waals surface area (Å²) in [6.45, 7) is 0. The van der Waals surface area contributed by atoms with Gasteiger partial charge in [0.15, 0.2) is 5.78 Å². The molecule has 0 fully saturated rings. The fraction of sp³-hybridized carbons (Fsp3) is 0.375. The highest BCUT2D eigenvalue weighted by molar-refractivity contribution is 6.23. The number of hydrogen-bond acceptors (Lipinski definition) is 5. The zero-order valence-electron chi connectivity index (χ0n) is 8.24. The highest BCUT2D eigenvalue weighted by Crippen LogP contribution is 2.26. The van der Waals surface area contributed by atoms with Gasteiger partial charge in [0.1, 0.15) is 6.42 Å². The molecule has 0 bridgehead atoms. The zero-order chi connectivity index (χ0) is 13.8. The Morgan fingerprint density at radius 3 is 1.41 bits per heavy atom. The van der Waals surface area contributed by atoms with E-state index < -0.39 is 47.9 Å². The van der Waals surface area contributed by atoms with E-state index in [1.165, 1.54) is 0 Å². The van der Waals surface area contributed by atoms with Crippen LogP contribution >= 0.6 is 0 Å². The highest BCUT2D eigenvalue weighted by atomic mass is 16.4. The second-order valence-electron chi connectivity index (χ2n) is 3.08. The van der Waals surface area contributed by atoms with Gasteiger partial charge in [-0.2, -0.15) is 0 Å². The van der Waals surface area contributed by atoms with Crippen LogP contribution in [-0.2, 0) is 24.0 Å². The minimum absolute atomic E-state index is 1.38. The lowest BCUT2D eigenvalue weighted by Gasteiger charge is -2.20. The van der Waals surface area contributed by atoms with Crippen LogP contribution in [-0.4, -0.2) is 50.1 Å². The molecule has 0 aromatic heterocycles. The summed E-state index contributed by atoms with van der Waals surface area (Å²) in [5.41, 5.74) is -3.27. The summed E-state index contributed by atoms with van der Waals surface area (Å²) in [6.07, 6.45) is -2.91. The van der Waals surface area contributed by atoms with E-state index in [-0.39, 0.29) is 0 Å². The quantitative estimate of drug-likeness (QED) is 0.398. The van der Waals surface area contributed by atoms with Crippen LogP contribution in [0.25, 0.3) is 0 Å². The molecule has 9 heteroatoms. The van der Waals surface area contributed by atoms with Crippen LogP contribution in [0, 0.1) is 5.41 Å². The van der Waals surface area contributed by atoms with Gasteiger partial charge in [0.2, 0.25) is 5.41 Å². The molecule has 4 N–H and O–H groups in total. The average Bonchev–Trinajstić information content (AvgIpc) is 2.10. The molecule has 9 nitrogen and oxygen atoms in total. The van der Waals surface area contributed by atoms with Crippen molar-refractivity contribution >= 4 is 29.7 Å². The molecular formula is C8H8O9. The van der Waals surface area contributed by atoms with E-state index in [1.54, 1.807) is 0 Å². The third kappa shape index (κ3) is 3.00. The summed E-state index contributed by atoms with van der Waals surface area (Å²) in [5, 5.41) is 34.0. The highest BCUT2D eigenvalue weighted by Gasteiger charge is 2.55. The smallest absolute Gasteiger partial charge is 0.329 e. The predicted octanol–water partition coefficient (Wildman–Crippen LogP) is -1.34. The van der Waals surface area contributed by atoms with Crippen molar-refractivity contribution < 1.29 is 44.4 Å². The van der Waals surface area contributed by atoms with Gasteiger partial charge in [-0.1, -0.05) is 0 Å². The van der Waals surface area contributed by atoms with Gasteiger partial charge in [-0.25, -0.2) is 0 Å². The molecule has 0 unspecified atom stereocenters. The molecule has 0 spiro atoms. The van der Waals surface area contributed by atoms with Crippen molar-refractivity contribution in [2.45, 2.75) is 12.8 Å². The normalized spacial score (nSPS) is 10.6. The van der Waals surface area contributed by atoms with Gasteiger partial charge in [0, 0.05) is 0 Å². The molecule has 0 aliphatic carbocycles. The van der Waals surface area contributed by atoms with Crippen LogP contribution in [0.3, 0.4) is 0 Å². The van der Waals surface area contributed by atoms with Gasteiger partial charge >= 0.3 is 23.9 Å². The Morgan fingerprint density at radius 2 is 1.18 bits per heavy atom. The maximum absolute atomic E-state index is 11.3. The standard InChI is InChI=1S/C8H8O9/c9-3(1-4(10)11)8(6(14)15,7(16)17)2-5(12)13/h1-2H2,(H,10,11)(H,12,13)(H,14,15)(H,16,17). The van der Waals surface area contributed by atoms with Gasteiger partial charge in [-0.3, -0.25) is 24.0 Å². The predicted molar refractivity (Wildman–Crippen MR) is 47.2 cm³/mol. The Bertz CT molecular complexity index is 380. The molecule has 0 aromatic rings. The van der Waals surface area contributed by atoms with Crippen molar-refractivity contribution in [2.75, 3.05) is 0 Å². The number of rotatable bonds is 7. The molecule has 0 atom stereocenters. The fourth-order valence-electron chi connectivity index (χ4n) is 1.09. The molecule has 0 saturated carbocycles. The third-order valence-electron chi connectivity index (χ3n) is 1.93. The number of Topliss-reactive ketones (excluding diaryl/α,β-unsaturated/α-hetero) is 1. The number of carbonyl (C=O) groups excluding carboxylic acids is 1.